The van der Waals surface area contributed by atoms with Crippen molar-refractivity contribution in [3.63, 3.8) is 0 Å². The summed E-state index contributed by atoms with van der Waals surface area (Å²) >= 11 is 0. The first-order valence-electron chi connectivity index (χ1n) is 7.84. The lowest BCUT2D eigenvalue weighted by Crippen LogP contribution is -1.99. The Morgan fingerprint density at radius 2 is 1.86 bits per heavy atom. The topological polar surface area (TPSA) is 73.3 Å². The van der Waals surface area contributed by atoms with Crippen molar-refractivity contribution in [1.29, 1.82) is 0 Å². The Bertz CT molecular complexity index is 599. The van der Waals surface area contributed by atoms with E-state index in [9.17, 15) is 0 Å². The highest BCUT2D eigenvalue weighted by Gasteiger charge is 2.02. The SMILES string of the molecule is CCCCCCOc1cccc(Nc2ccc(N)cc2N)c1. The Balaban J connectivity index is 1.93. The van der Waals surface area contributed by atoms with Gasteiger partial charge in [-0.3, -0.25) is 0 Å². The van der Waals surface area contributed by atoms with E-state index in [2.05, 4.69) is 12.2 Å². The molecule has 4 heteroatoms. The molecule has 0 radical (unpaired) electrons. The minimum atomic E-state index is 0.630. The maximum Gasteiger partial charge on any atom is 0.121 e. The third-order valence-electron chi connectivity index (χ3n) is 3.46. The molecule has 0 bridgehead atoms. The highest BCUT2D eigenvalue weighted by atomic mass is 16.5. The first-order valence-corrected chi connectivity index (χ1v) is 7.84. The molecule has 0 atom stereocenters. The van der Waals surface area contributed by atoms with Gasteiger partial charge in [-0.15, -0.1) is 0 Å². The highest BCUT2D eigenvalue weighted by Crippen LogP contribution is 2.27. The number of unbranched alkanes of at least 4 members (excludes halogenated alkanes) is 3. The molecule has 2 aromatic carbocycles. The van der Waals surface area contributed by atoms with Gasteiger partial charge in [0.1, 0.15) is 5.75 Å². The van der Waals surface area contributed by atoms with E-state index in [1.54, 1.807) is 6.07 Å². The van der Waals surface area contributed by atoms with E-state index in [-0.39, 0.29) is 0 Å². The standard InChI is InChI=1S/C18H25N3O/c1-2-3-4-5-11-22-16-8-6-7-15(13-16)21-18-10-9-14(19)12-17(18)20/h6-10,12-13,21H,2-5,11,19-20H2,1H3. The maximum absolute atomic E-state index is 5.96. The van der Waals surface area contributed by atoms with Crippen molar-refractivity contribution in [2.45, 2.75) is 32.6 Å². The van der Waals surface area contributed by atoms with Gasteiger partial charge in [-0.1, -0.05) is 32.3 Å². The van der Waals surface area contributed by atoms with Gasteiger partial charge >= 0.3 is 0 Å². The van der Waals surface area contributed by atoms with Crippen molar-refractivity contribution in [1.82, 2.24) is 0 Å². The van der Waals surface area contributed by atoms with E-state index in [0.717, 1.165) is 30.2 Å². The van der Waals surface area contributed by atoms with Gasteiger partial charge in [0, 0.05) is 17.4 Å². The number of nitrogen functional groups attached to an aromatic ring is 2. The fourth-order valence-electron chi connectivity index (χ4n) is 2.23. The van der Waals surface area contributed by atoms with Gasteiger partial charge in [0.2, 0.25) is 0 Å². The summed E-state index contributed by atoms with van der Waals surface area (Å²) in [6.07, 6.45) is 4.82. The van der Waals surface area contributed by atoms with Gasteiger partial charge in [-0.2, -0.15) is 0 Å². The Hall–Kier alpha value is -2.36. The molecule has 0 aliphatic heterocycles. The minimum Gasteiger partial charge on any atom is -0.494 e. The average molecular weight is 299 g/mol. The maximum atomic E-state index is 5.96. The van der Waals surface area contributed by atoms with E-state index in [4.69, 9.17) is 16.2 Å². The van der Waals surface area contributed by atoms with Crippen molar-refractivity contribution in [2.75, 3.05) is 23.4 Å². The van der Waals surface area contributed by atoms with Crippen LogP contribution in [0.25, 0.3) is 0 Å². The summed E-state index contributed by atoms with van der Waals surface area (Å²) < 4.78 is 5.79. The Morgan fingerprint density at radius 1 is 1.00 bits per heavy atom. The summed E-state index contributed by atoms with van der Waals surface area (Å²) in [5.41, 5.74) is 14.7. The molecule has 0 amide bonds. The average Bonchev–Trinajstić information content (AvgIpc) is 2.50. The van der Waals surface area contributed by atoms with Crippen LogP contribution in [0, 0.1) is 0 Å². The Labute approximate surface area is 132 Å². The second-order valence-electron chi connectivity index (χ2n) is 5.41. The van der Waals surface area contributed by atoms with E-state index in [1.165, 1.54) is 19.3 Å². The zero-order valence-electron chi connectivity index (χ0n) is 13.1. The molecule has 0 aromatic heterocycles. The number of ether oxygens (including phenoxy) is 1. The van der Waals surface area contributed by atoms with Gasteiger partial charge in [0.25, 0.3) is 0 Å². The van der Waals surface area contributed by atoms with Crippen molar-refractivity contribution in [2.24, 2.45) is 0 Å². The third-order valence-corrected chi connectivity index (χ3v) is 3.46. The van der Waals surface area contributed by atoms with E-state index in [0.29, 0.717) is 11.4 Å². The minimum absolute atomic E-state index is 0.630. The van der Waals surface area contributed by atoms with Crippen LogP contribution in [-0.4, -0.2) is 6.61 Å². The van der Waals surface area contributed by atoms with E-state index < -0.39 is 0 Å². The Morgan fingerprint density at radius 3 is 2.64 bits per heavy atom. The molecule has 22 heavy (non-hydrogen) atoms. The molecule has 0 heterocycles. The van der Waals surface area contributed by atoms with Crippen LogP contribution in [0.15, 0.2) is 42.5 Å². The van der Waals surface area contributed by atoms with E-state index in [1.807, 2.05) is 36.4 Å². The molecule has 0 fully saturated rings. The molecule has 0 aliphatic carbocycles. The van der Waals surface area contributed by atoms with Crippen LogP contribution in [0.5, 0.6) is 5.75 Å². The molecule has 4 nitrogen and oxygen atoms in total. The molecule has 0 saturated carbocycles. The lowest BCUT2D eigenvalue weighted by molar-refractivity contribution is 0.305. The van der Waals surface area contributed by atoms with Gasteiger partial charge in [0.15, 0.2) is 0 Å². The molecule has 0 spiro atoms. The molecular weight excluding hydrogens is 274 g/mol. The molecule has 0 saturated heterocycles. The molecule has 0 unspecified atom stereocenters. The number of hydrogen-bond donors (Lipinski definition) is 3. The first kappa shape index (κ1) is 16.0. The van der Waals surface area contributed by atoms with Crippen molar-refractivity contribution in [3.8, 4) is 5.75 Å². The highest BCUT2D eigenvalue weighted by molar-refractivity contribution is 5.75. The second-order valence-corrected chi connectivity index (χ2v) is 5.41. The zero-order valence-corrected chi connectivity index (χ0v) is 13.1. The van der Waals surface area contributed by atoms with Crippen molar-refractivity contribution >= 4 is 22.7 Å². The fraction of sp³-hybridized carbons (Fsp3) is 0.333. The monoisotopic (exact) mass is 299 g/mol. The van der Waals surface area contributed by atoms with Crippen molar-refractivity contribution < 1.29 is 4.74 Å². The third kappa shape index (κ3) is 4.88. The fourth-order valence-corrected chi connectivity index (χ4v) is 2.23. The number of nitrogens with two attached hydrogens (primary N) is 2. The summed E-state index contributed by atoms with van der Waals surface area (Å²) in [5, 5.41) is 3.29. The summed E-state index contributed by atoms with van der Waals surface area (Å²) in [6.45, 7) is 2.96. The van der Waals surface area contributed by atoms with Crippen LogP contribution in [0.2, 0.25) is 0 Å². The molecule has 0 aliphatic rings. The molecule has 2 rings (SSSR count). The predicted octanol–water partition coefficient (Wildman–Crippen LogP) is 4.55. The van der Waals surface area contributed by atoms with Crippen LogP contribution in [0.3, 0.4) is 0 Å². The number of rotatable bonds is 8. The zero-order chi connectivity index (χ0) is 15.8. The van der Waals surface area contributed by atoms with Crippen molar-refractivity contribution in [3.05, 3.63) is 42.5 Å². The number of hydrogen-bond acceptors (Lipinski definition) is 4. The smallest absolute Gasteiger partial charge is 0.121 e. The van der Waals surface area contributed by atoms with Gasteiger partial charge in [-0.25, -0.2) is 0 Å². The van der Waals surface area contributed by atoms with E-state index >= 15 is 0 Å². The van der Waals surface area contributed by atoms with Crippen LogP contribution in [-0.2, 0) is 0 Å². The summed E-state index contributed by atoms with van der Waals surface area (Å²) in [7, 11) is 0. The van der Waals surface area contributed by atoms with Gasteiger partial charge in [0.05, 0.1) is 18.0 Å². The first-order chi connectivity index (χ1) is 10.7. The quantitative estimate of drug-likeness (QED) is 0.493. The Kier molecular flexibility index (Phi) is 5.95. The van der Waals surface area contributed by atoms with Crippen LogP contribution < -0.4 is 21.5 Å². The summed E-state index contributed by atoms with van der Waals surface area (Å²) in [4.78, 5) is 0. The predicted molar refractivity (Wildman–Crippen MR) is 94.6 cm³/mol. The largest absolute Gasteiger partial charge is 0.494 e. The summed E-state index contributed by atoms with van der Waals surface area (Å²) in [5.74, 6) is 0.871. The molecular formula is C18H25N3O. The number of nitrogens with one attached hydrogen (secondary N) is 1. The summed E-state index contributed by atoms with van der Waals surface area (Å²) in [6, 6.07) is 13.4. The number of anilines is 4. The molecule has 2 aromatic rings. The lowest BCUT2D eigenvalue weighted by Gasteiger charge is -2.12. The van der Waals surface area contributed by atoms with Crippen LogP contribution in [0.4, 0.5) is 22.7 Å². The lowest BCUT2D eigenvalue weighted by atomic mass is 10.2. The molecule has 118 valence electrons. The number of benzene rings is 2. The van der Waals surface area contributed by atoms with Crippen LogP contribution in [0.1, 0.15) is 32.6 Å². The van der Waals surface area contributed by atoms with Gasteiger partial charge < -0.3 is 21.5 Å². The second kappa shape index (κ2) is 8.17. The van der Waals surface area contributed by atoms with Gasteiger partial charge in [-0.05, 0) is 36.8 Å². The normalized spacial score (nSPS) is 10.4. The molecule has 5 N–H and O–H groups in total. The van der Waals surface area contributed by atoms with Crippen LogP contribution >= 0.6 is 0 Å².